The van der Waals surface area contributed by atoms with Crippen molar-refractivity contribution in [1.29, 1.82) is 0 Å². The number of fused-ring (bicyclic) bond motifs is 1. The van der Waals surface area contributed by atoms with E-state index < -0.39 is 33.9 Å². The van der Waals surface area contributed by atoms with Crippen molar-refractivity contribution in [3.8, 4) is 0 Å². The van der Waals surface area contributed by atoms with Gasteiger partial charge in [0.05, 0.1) is 12.2 Å². The van der Waals surface area contributed by atoms with Crippen molar-refractivity contribution in [1.82, 2.24) is 4.31 Å². The van der Waals surface area contributed by atoms with Gasteiger partial charge in [-0.2, -0.15) is 0 Å². The Labute approximate surface area is 164 Å². The van der Waals surface area contributed by atoms with E-state index in [1.54, 1.807) is 6.07 Å². The minimum atomic E-state index is -3.24. The van der Waals surface area contributed by atoms with Crippen LogP contribution < -0.4 is 5.32 Å². The highest BCUT2D eigenvalue weighted by atomic mass is 32.2. The number of amides is 1. The fraction of sp³-hybridized carbons (Fsp3) is 0.400. The Balaban J connectivity index is 1.54. The summed E-state index contributed by atoms with van der Waals surface area (Å²) in [5, 5.41) is 4.84. The molecule has 1 atom stereocenters. The molecule has 3 rings (SSSR count). The molecule has 1 N–H and O–H groups in total. The minimum absolute atomic E-state index is 0.288. The molecule has 1 fully saturated rings. The second-order valence-corrected chi connectivity index (χ2v) is 9.05. The van der Waals surface area contributed by atoms with Gasteiger partial charge >= 0.3 is 5.97 Å². The van der Waals surface area contributed by atoms with Gasteiger partial charge in [0, 0.05) is 18.8 Å². The summed E-state index contributed by atoms with van der Waals surface area (Å²) in [6, 6.07) is 13.4. The predicted molar refractivity (Wildman–Crippen MR) is 107 cm³/mol. The van der Waals surface area contributed by atoms with Gasteiger partial charge in [-0.1, -0.05) is 30.3 Å². The van der Waals surface area contributed by atoms with Crippen LogP contribution in [0.1, 0.15) is 19.8 Å². The van der Waals surface area contributed by atoms with E-state index in [4.69, 9.17) is 4.74 Å². The van der Waals surface area contributed by atoms with Gasteiger partial charge in [-0.25, -0.2) is 12.7 Å². The van der Waals surface area contributed by atoms with Crippen LogP contribution in [-0.4, -0.2) is 50.0 Å². The van der Waals surface area contributed by atoms with Gasteiger partial charge < -0.3 is 10.1 Å². The van der Waals surface area contributed by atoms with Crippen molar-refractivity contribution >= 4 is 38.4 Å². The molecule has 2 aromatic carbocycles. The molecule has 28 heavy (non-hydrogen) atoms. The average Bonchev–Trinajstić information content (AvgIpc) is 2.67. The summed E-state index contributed by atoms with van der Waals surface area (Å²) < 4.78 is 29.8. The highest BCUT2D eigenvalue weighted by molar-refractivity contribution is 7.88. The number of carbonyl (C=O) groups is 2. The van der Waals surface area contributed by atoms with Crippen LogP contribution in [-0.2, 0) is 24.3 Å². The number of piperidine rings is 1. The van der Waals surface area contributed by atoms with E-state index in [9.17, 15) is 18.0 Å². The zero-order chi connectivity index (χ0) is 20.3. The standard InChI is InChI=1S/C20H24N2O5S/c1-14(27-20(24)16-9-11-22(12-10-16)28(2,25)26)19(23)21-18-8-7-15-5-3-4-6-17(15)13-18/h3-8,13-14,16H,9-12H2,1-2H3,(H,21,23). The number of sulfonamides is 1. The Kier molecular flexibility index (Phi) is 6.00. The molecular weight excluding hydrogens is 380 g/mol. The first-order valence-corrected chi connectivity index (χ1v) is 11.0. The first kappa shape index (κ1) is 20.3. The number of esters is 1. The summed E-state index contributed by atoms with van der Waals surface area (Å²) in [4.78, 5) is 24.7. The molecule has 1 unspecified atom stereocenters. The maximum absolute atomic E-state index is 12.4. The number of benzene rings is 2. The van der Waals surface area contributed by atoms with Crippen molar-refractivity contribution in [3.63, 3.8) is 0 Å². The van der Waals surface area contributed by atoms with E-state index in [0.717, 1.165) is 17.0 Å². The van der Waals surface area contributed by atoms with Crippen LogP contribution in [0.15, 0.2) is 42.5 Å². The van der Waals surface area contributed by atoms with E-state index in [0.29, 0.717) is 18.5 Å². The maximum atomic E-state index is 12.4. The minimum Gasteiger partial charge on any atom is -0.452 e. The number of anilines is 1. The van der Waals surface area contributed by atoms with Gasteiger partial charge in [0.2, 0.25) is 10.0 Å². The van der Waals surface area contributed by atoms with Crippen molar-refractivity contribution < 1.29 is 22.7 Å². The number of carbonyl (C=O) groups excluding carboxylic acids is 2. The molecule has 0 bridgehead atoms. The van der Waals surface area contributed by atoms with Crippen LogP contribution in [0.4, 0.5) is 5.69 Å². The molecule has 2 aromatic rings. The molecule has 1 aliphatic rings. The molecule has 1 saturated heterocycles. The lowest BCUT2D eigenvalue weighted by atomic mass is 9.98. The maximum Gasteiger partial charge on any atom is 0.309 e. The molecule has 1 amide bonds. The molecule has 0 aromatic heterocycles. The third-order valence-electron chi connectivity index (χ3n) is 4.94. The van der Waals surface area contributed by atoms with Crippen LogP contribution in [0.5, 0.6) is 0 Å². The summed E-state index contributed by atoms with van der Waals surface area (Å²) in [5.41, 5.74) is 0.632. The summed E-state index contributed by atoms with van der Waals surface area (Å²) in [5.74, 6) is -1.26. The van der Waals surface area contributed by atoms with Gasteiger partial charge in [0.1, 0.15) is 0 Å². The smallest absolute Gasteiger partial charge is 0.309 e. The molecule has 0 radical (unpaired) electrons. The van der Waals surface area contributed by atoms with Crippen LogP contribution in [0.2, 0.25) is 0 Å². The monoisotopic (exact) mass is 404 g/mol. The van der Waals surface area contributed by atoms with E-state index in [1.165, 1.54) is 11.2 Å². The molecular formula is C20H24N2O5S. The van der Waals surface area contributed by atoms with Gasteiger partial charge in [0.25, 0.3) is 5.91 Å². The molecule has 0 spiro atoms. The Morgan fingerprint density at radius 2 is 1.75 bits per heavy atom. The van der Waals surface area contributed by atoms with Crippen molar-refractivity contribution in [2.75, 3.05) is 24.7 Å². The molecule has 1 heterocycles. The van der Waals surface area contributed by atoms with Crippen LogP contribution in [0, 0.1) is 5.92 Å². The third-order valence-corrected chi connectivity index (χ3v) is 6.24. The number of rotatable bonds is 5. The summed E-state index contributed by atoms with van der Waals surface area (Å²) >= 11 is 0. The van der Waals surface area contributed by atoms with E-state index in [1.807, 2.05) is 36.4 Å². The van der Waals surface area contributed by atoms with Crippen LogP contribution in [0.3, 0.4) is 0 Å². The molecule has 8 heteroatoms. The van der Waals surface area contributed by atoms with Crippen molar-refractivity contribution in [2.24, 2.45) is 5.92 Å². The lowest BCUT2D eigenvalue weighted by Crippen LogP contribution is -2.41. The van der Waals surface area contributed by atoms with E-state index in [-0.39, 0.29) is 13.1 Å². The Bertz CT molecular complexity index is 981. The lowest BCUT2D eigenvalue weighted by Gasteiger charge is -2.29. The van der Waals surface area contributed by atoms with Gasteiger partial charge in [-0.15, -0.1) is 0 Å². The second-order valence-electron chi connectivity index (χ2n) is 7.07. The first-order chi connectivity index (χ1) is 13.2. The molecule has 150 valence electrons. The predicted octanol–water partition coefficient (Wildman–Crippen LogP) is 2.38. The molecule has 7 nitrogen and oxygen atoms in total. The Morgan fingerprint density at radius 3 is 2.39 bits per heavy atom. The highest BCUT2D eigenvalue weighted by Gasteiger charge is 2.31. The van der Waals surface area contributed by atoms with Crippen LogP contribution in [0.25, 0.3) is 10.8 Å². The number of nitrogens with one attached hydrogen (secondary N) is 1. The van der Waals surface area contributed by atoms with E-state index in [2.05, 4.69) is 5.32 Å². The largest absolute Gasteiger partial charge is 0.452 e. The zero-order valence-corrected chi connectivity index (χ0v) is 16.7. The molecule has 0 saturated carbocycles. The number of hydrogen-bond acceptors (Lipinski definition) is 5. The highest BCUT2D eigenvalue weighted by Crippen LogP contribution is 2.22. The fourth-order valence-corrected chi connectivity index (χ4v) is 4.13. The van der Waals surface area contributed by atoms with Crippen molar-refractivity contribution in [2.45, 2.75) is 25.9 Å². The fourth-order valence-electron chi connectivity index (χ4n) is 3.26. The lowest BCUT2D eigenvalue weighted by molar-refractivity contribution is -0.158. The molecule has 1 aliphatic heterocycles. The van der Waals surface area contributed by atoms with Crippen LogP contribution >= 0.6 is 0 Å². The van der Waals surface area contributed by atoms with E-state index >= 15 is 0 Å². The summed E-state index contributed by atoms with van der Waals surface area (Å²) in [7, 11) is -3.24. The number of nitrogens with zero attached hydrogens (tertiary/aromatic N) is 1. The summed E-state index contributed by atoms with van der Waals surface area (Å²) in [6.07, 6.45) is 1.01. The third kappa shape index (κ3) is 4.88. The van der Waals surface area contributed by atoms with Gasteiger partial charge in [0.15, 0.2) is 6.10 Å². The normalized spacial score (nSPS) is 17.2. The quantitative estimate of drug-likeness (QED) is 0.773. The van der Waals surface area contributed by atoms with Crippen molar-refractivity contribution in [3.05, 3.63) is 42.5 Å². The second kappa shape index (κ2) is 8.28. The van der Waals surface area contributed by atoms with Gasteiger partial charge in [-0.3, -0.25) is 9.59 Å². The van der Waals surface area contributed by atoms with Gasteiger partial charge in [-0.05, 0) is 42.7 Å². The number of ether oxygens (including phenoxy) is 1. The zero-order valence-electron chi connectivity index (χ0n) is 15.9. The first-order valence-electron chi connectivity index (χ1n) is 9.19. The molecule has 0 aliphatic carbocycles. The number of hydrogen-bond donors (Lipinski definition) is 1. The Hall–Kier alpha value is -2.45. The summed E-state index contributed by atoms with van der Waals surface area (Å²) in [6.45, 7) is 2.10. The SMILES string of the molecule is CC(OC(=O)C1CCN(S(C)(=O)=O)CC1)C(=O)Nc1ccc2ccccc2c1. The topological polar surface area (TPSA) is 92.8 Å². The average molecular weight is 404 g/mol. The Morgan fingerprint density at radius 1 is 1.11 bits per heavy atom.